The number of aromatic nitrogens is 4. The highest BCUT2D eigenvalue weighted by molar-refractivity contribution is 5.86. The van der Waals surface area contributed by atoms with Crippen LogP contribution < -0.4 is 0 Å². The summed E-state index contributed by atoms with van der Waals surface area (Å²) in [7, 11) is 0. The fourth-order valence-corrected chi connectivity index (χ4v) is 3.06. The molecule has 2 aromatic heterocycles. The third-order valence-corrected chi connectivity index (χ3v) is 4.33. The number of carbonyl (C=O) groups is 1. The second-order valence-corrected chi connectivity index (χ2v) is 5.88. The average molecular weight is 287 g/mol. The van der Waals surface area contributed by atoms with Crippen molar-refractivity contribution in [2.45, 2.75) is 38.3 Å². The number of carboxylic acids is 1. The van der Waals surface area contributed by atoms with Crippen molar-refractivity contribution >= 4 is 5.97 Å². The van der Waals surface area contributed by atoms with Gasteiger partial charge in [-0.15, -0.1) is 0 Å². The van der Waals surface area contributed by atoms with E-state index >= 15 is 0 Å². The van der Waals surface area contributed by atoms with Crippen LogP contribution in [0.4, 0.5) is 0 Å². The molecule has 0 aromatic carbocycles. The van der Waals surface area contributed by atoms with Crippen molar-refractivity contribution < 1.29 is 9.90 Å². The molecule has 0 bridgehead atoms. The Balaban J connectivity index is 1.54. The molecule has 21 heavy (non-hydrogen) atoms. The first-order valence-electron chi connectivity index (χ1n) is 7.26. The minimum atomic E-state index is -0.956. The summed E-state index contributed by atoms with van der Waals surface area (Å²) >= 11 is 0. The monoisotopic (exact) mass is 287 g/mol. The van der Waals surface area contributed by atoms with Gasteiger partial charge in [0.25, 0.3) is 0 Å². The topological polar surface area (TPSA) is 97.9 Å². The lowest BCUT2D eigenvalue weighted by molar-refractivity contribution is 0.0688. The number of fused-ring (bicyclic) bond motifs is 1. The van der Waals surface area contributed by atoms with Crippen LogP contribution in [-0.2, 0) is 19.5 Å². The van der Waals surface area contributed by atoms with E-state index in [4.69, 9.17) is 5.11 Å². The van der Waals surface area contributed by atoms with Crippen molar-refractivity contribution in [3.05, 3.63) is 34.4 Å². The van der Waals surface area contributed by atoms with Crippen molar-refractivity contribution in [1.82, 2.24) is 25.3 Å². The molecule has 3 heterocycles. The normalized spacial score (nSPS) is 18.7. The van der Waals surface area contributed by atoms with E-state index < -0.39 is 5.97 Å². The maximum absolute atomic E-state index is 11.1. The van der Waals surface area contributed by atoms with Crippen LogP contribution in [0.5, 0.6) is 0 Å². The first kappa shape index (κ1) is 12.6. The highest BCUT2D eigenvalue weighted by Gasteiger charge is 2.32. The lowest BCUT2D eigenvalue weighted by Gasteiger charge is -2.26. The van der Waals surface area contributed by atoms with Crippen molar-refractivity contribution in [2.75, 3.05) is 6.54 Å². The van der Waals surface area contributed by atoms with Crippen LogP contribution in [0.3, 0.4) is 0 Å². The zero-order valence-electron chi connectivity index (χ0n) is 11.6. The zero-order chi connectivity index (χ0) is 14.4. The second-order valence-electron chi connectivity index (χ2n) is 5.88. The molecule has 7 nitrogen and oxygen atoms in total. The third-order valence-electron chi connectivity index (χ3n) is 4.33. The molecule has 2 aromatic rings. The van der Waals surface area contributed by atoms with Crippen molar-refractivity contribution in [3.8, 4) is 0 Å². The van der Waals surface area contributed by atoms with Crippen molar-refractivity contribution in [2.24, 2.45) is 0 Å². The summed E-state index contributed by atoms with van der Waals surface area (Å²) in [6, 6.07) is 0. The van der Waals surface area contributed by atoms with E-state index in [1.54, 1.807) is 6.20 Å². The Bertz CT molecular complexity index is 685. The van der Waals surface area contributed by atoms with Gasteiger partial charge in [-0.1, -0.05) is 0 Å². The number of nitrogens with zero attached hydrogens (tertiary/aromatic N) is 3. The molecule has 0 spiro atoms. The van der Waals surface area contributed by atoms with Crippen molar-refractivity contribution in [3.63, 3.8) is 0 Å². The molecule has 7 heteroatoms. The van der Waals surface area contributed by atoms with Crippen LogP contribution >= 0.6 is 0 Å². The van der Waals surface area contributed by atoms with Crippen LogP contribution in [0.2, 0.25) is 0 Å². The number of hydrogen-bond acceptors (Lipinski definition) is 4. The summed E-state index contributed by atoms with van der Waals surface area (Å²) in [5.41, 5.74) is 4.72. The summed E-state index contributed by atoms with van der Waals surface area (Å²) in [5, 5.41) is 23.2. The molecule has 0 amide bonds. The van der Waals surface area contributed by atoms with Gasteiger partial charge in [-0.2, -0.15) is 10.2 Å². The second kappa shape index (κ2) is 4.70. The number of nitrogens with one attached hydrogen (secondary N) is 2. The fraction of sp³-hybridized carbons (Fsp3) is 0.500. The average Bonchev–Trinajstić information content (AvgIpc) is 3.05. The highest BCUT2D eigenvalue weighted by atomic mass is 16.4. The van der Waals surface area contributed by atoms with Crippen LogP contribution in [0.15, 0.2) is 6.20 Å². The Morgan fingerprint density at radius 3 is 3.05 bits per heavy atom. The summed E-state index contributed by atoms with van der Waals surface area (Å²) in [5.74, 6) is -0.323. The molecule has 0 atom stereocenters. The summed E-state index contributed by atoms with van der Waals surface area (Å²) in [6.07, 6.45) is 5.02. The number of hydrogen-bond donors (Lipinski definition) is 3. The number of rotatable bonds is 4. The van der Waals surface area contributed by atoms with E-state index in [2.05, 4.69) is 25.3 Å². The van der Waals surface area contributed by atoms with Crippen LogP contribution in [-0.4, -0.2) is 42.9 Å². The zero-order valence-corrected chi connectivity index (χ0v) is 11.6. The predicted octanol–water partition coefficient (Wildman–Crippen LogP) is 1.27. The first-order valence-corrected chi connectivity index (χ1v) is 7.26. The molecule has 0 unspecified atom stereocenters. The van der Waals surface area contributed by atoms with E-state index in [1.165, 1.54) is 29.8 Å². The van der Waals surface area contributed by atoms with Crippen molar-refractivity contribution in [1.29, 1.82) is 0 Å². The molecule has 1 saturated carbocycles. The molecule has 4 rings (SSSR count). The standard InChI is InChI=1S/C14H17N5O2/c20-14(21)13-9(5-15-17-13)6-19-4-3-11-10(7-19)12(18-16-11)8-1-2-8/h5,8H,1-4,6-7H2,(H,15,17)(H,16,18)(H,20,21). The molecule has 0 saturated heterocycles. The number of aromatic amines is 2. The quantitative estimate of drug-likeness (QED) is 0.786. The minimum Gasteiger partial charge on any atom is -0.477 e. The Labute approximate surface area is 121 Å². The molecular formula is C14H17N5O2. The molecule has 110 valence electrons. The SMILES string of the molecule is O=C(O)c1[nH]ncc1CN1CCc2[nH]nc(C3CC3)c2C1. The molecule has 0 radical (unpaired) electrons. The Hall–Kier alpha value is -2.15. The van der Waals surface area contributed by atoms with Gasteiger partial charge in [-0.25, -0.2) is 4.79 Å². The van der Waals surface area contributed by atoms with E-state index in [9.17, 15) is 4.79 Å². The smallest absolute Gasteiger partial charge is 0.354 e. The third kappa shape index (κ3) is 2.23. The van der Waals surface area contributed by atoms with Crippen LogP contribution in [0.1, 0.15) is 51.8 Å². The molecule has 1 fully saturated rings. The first-order chi connectivity index (χ1) is 10.2. The lowest BCUT2D eigenvalue weighted by Crippen LogP contribution is -2.30. The number of H-pyrrole nitrogens is 2. The van der Waals surface area contributed by atoms with Gasteiger partial charge in [0.15, 0.2) is 0 Å². The van der Waals surface area contributed by atoms with Gasteiger partial charge in [0.2, 0.25) is 0 Å². The largest absolute Gasteiger partial charge is 0.477 e. The van der Waals surface area contributed by atoms with Crippen LogP contribution in [0, 0.1) is 0 Å². The Kier molecular flexibility index (Phi) is 2.81. The Morgan fingerprint density at radius 1 is 1.43 bits per heavy atom. The molecule has 3 N–H and O–H groups in total. The van der Waals surface area contributed by atoms with Gasteiger partial charge in [-0.3, -0.25) is 15.1 Å². The number of carboxylic acid groups (broad SMARTS) is 1. The summed E-state index contributed by atoms with van der Waals surface area (Å²) in [6.45, 7) is 2.35. The van der Waals surface area contributed by atoms with Gasteiger partial charge in [0.1, 0.15) is 5.69 Å². The van der Waals surface area contributed by atoms with Gasteiger partial charge in [0, 0.05) is 48.8 Å². The lowest BCUT2D eigenvalue weighted by atomic mass is 10.0. The summed E-state index contributed by atoms with van der Waals surface area (Å²) < 4.78 is 0. The summed E-state index contributed by atoms with van der Waals surface area (Å²) in [4.78, 5) is 13.4. The predicted molar refractivity (Wildman–Crippen MR) is 73.9 cm³/mol. The number of aromatic carboxylic acids is 1. The van der Waals surface area contributed by atoms with Gasteiger partial charge in [0.05, 0.1) is 11.9 Å². The van der Waals surface area contributed by atoms with E-state index in [0.29, 0.717) is 12.5 Å². The molecule has 2 aliphatic rings. The van der Waals surface area contributed by atoms with Crippen LogP contribution in [0.25, 0.3) is 0 Å². The van der Waals surface area contributed by atoms with Gasteiger partial charge >= 0.3 is 5.97 Å². The molecule has 1 aliphatic carbocycles. The van der Waals surface area contributed by atoms with Gasteiger partial charge < -0.3 is 5.11 Å². The van der Waals surface area contributed by atoms with E-state index in [-0.39, 0.29) is 5.69 Å². The fourth-order valence-electron chi connectivity index (χ4n) is 3.06. The van der Waals surface area contributed by atoms with Gasteiger partial charge in [-0.05, 0) is 12.8 Å². The molecule has 1 aliphatic heterocycles. The van der Waals surface area contributed by atoms with E-state index in [0.717, 1.165) is 25.1 Å². The van der Waals surface area contributed by atoms with E-state index in [1.807, 2.05) is 0 Å². The minimum absolute atomic E-state index is 0.190. The maximum Gasteiger partial charge on any atom is 0.354 e. The highest BCUT2D eigenvalue weighted by Crippen LogP contribution is 2.42. The molecular weight excluding hydrogens is 270 g/mol. The maximum atomic E-state index is 11.1. The Morgan fingerprint density at radius 2 is 2.29 bits per heavy atom.